The first kappa shape index (κ1) is 27.4. The van der Waals surface area contributed by atoms with Crippen LogP contribution >= 0.6 is 0 Å². The van der Waals surface area contributed by atoms with E-state index >= 15 is 0 Å². The summed E-state index contributed by atoms with van der Waals surface area (Å²) in [5.41, 5.74) is 1.25. The van der Waals surface area contributed by atoms with Crippen molar-refractivity contribution in [3.8, 4) is 17.0 Å². The van der Waals surface area contributed by atoms with Crippen molar-refractivity contribution >= 4 is 16.9 Å². The second-order valence-electron chi connectivity index (χ2n) is 10.4. The van der Waals surface area contributed by atoms with Crippen LogP contribution < -0.4 is 4.74 Å². The predicted molar refractivity (Wildman–Crippen MR) is 144 cm³/mol. The largest absolute Gasteiger partial charge is 0.497 e. The summed E-state index contributed by atoms with van der Waals surface area (Å²) < 4.78 is 51.5. The lowest BCUT2D eigenvalue weighted by Crippen LogP contribution is -2.46. The topological polar surface area (TPSA) is 54.9 Å². The molecule has 1 aromatic heterocycles. The molecule has 0 unspecified atom stereocenters. The standard InChI is InChI=1S/C30H34F3N3O3/c1-38-23-9-10-24-26(18-23)34-28(20-7-6-8-21(17-20)30(31,32)33)25(27(24)29(37)39-2)19-35-15-11-22(12-16-35)36-13-4-3-5-14-36/h6-10,17-18,22H,3-5,11-16,19H2,1-2H3. The van der Waals surface area contributed by atoms with E-state index in [2.05, 4.69) is 9.80 Å². The highest BCUT2D eigenvalue weighted by Gasteiger charge is 2.32. The Labute approximate surface area is 226 Å². The van der Waals surface area contributed by atoms with E-state index in [9.17, 15) is 18.0 Å². The number of ether oxygens (including phenoxy) is 2. The molecule has 0 atom stereocenters. The Balaban J connectivity index is 1.57. The first-order valence-corrected chi connectivity index (χ1v) is 13.5. The van der Waals surface area contributed by atoms with E-state index in [-0.39, 0.29) is 0 Å². The molecule has 3 heterocycles. The Morgan fingerprint density at radius 3 is 2.41 bits per heavy atom. The molecule has 3 aromatic rings. The highest BCUT2D eigenvalue weighted by atomic mass is 19.4. The number of aromatic nitrogens is 1. The number of nitrogens with zero attached hydrogens (tertiary/aromatic N) is 3. The van der Waals surface area contributed by atoms with Gasteiger partial charge in [0, 0.05) is 35.2 Å². The second kappa shape index (κ2) is 11.5. The molecule has 5 rings (SSSR count). The van der Waals surface area contributed by atoms with E-state index in [0.29, 0.717) is 51.6 Å². The van der Waals surface area contributed by atoms with E-state index in [1.165, 1.54) is 39.5 Å². The molecule has 208 valence electrons. The number of fused-ring (bicyclic) bond motifs is 1. The Morgan fingerprint density at radius 1 is 1.00 bits per heavy atom. The molecule has 0 spiro atoms. The van der Waals surface area contributed by atoms with Gasteiger partial charge >= 0.3 is 12.1 Å². The van der Waals surface area contributed by atoms with Crippen molar-refractivity contribution in [1.82, 2.24) is 14.8 Å². The van der Waals surface area contributed by atoms with Crippen LogP contribution in [0, 0.1) is 0 Å². The minimum Gasteiger partial charge on any atom is -0.497 e. The van der Waals surface area contributed by atoms with Gasteiger partial charge in [-0.2, -0.15) is 13.2 Å². The molecule has 0 saturated carbocycles. The maximum atomic E-state index is 13.6. The highest BCUT2D eigenvalue weighted by molar-refractivity contribution is 6.06. The molecule has 2 aromatic carbocycles. The summed E-state index contributed by atoms with van der Waals surface area (Å²) in [6.07, 6.45) is 1.32. The zero-order valence-electron chi connectivity index (χ0n) is 22.4. The maximum Gasteiger partial charge on any atom is 0.416 e. The fourth-order valence-corrected chi connectivity index (χ4v) is 5.93. The number of piperidine rings is 2. The van der Waals surface area contributed by atoms with Crippen molar-refractivity contribution < 1.29 is 27.4 Å². The third kappa shape index (κ3) is 5.89. The van der Waals surface area contributed by atoms with Crippen LogP contribution in [0.4, 0.5) is 13.2 Å². The molecule has 2 aliphatic heterocycles. The summed E-state index contributed by atoms with van der Waals surface area (Å²) in [4.78, 5) is 22.9. The highest BCUT2D eigenvalue weighted by Crippen LogP contribution is 2.37. The zero-order valence-corrected chi connectivity index (χ0v) is 22.4. The van der Waals surface area contributed by atoms with Gasteiger partial charge in [0.15, 0.2) is 0 Å². The Kier molecular flexibility index (Phi) is 8.09. The number of methoxy groups -OCH3 is 2. The van der Waals surface area contributed by atoms with Gasteiger partial charge in [-0.3, -0.25) is 4.90 Å². The number of hydrogen-bond acceptors (Lipinski definition) is 6. The molecule has 0 amide bonds. The fraction of sp³-hybridized carbons (Fsp3) is 0.467. The Hall–Kier alpha value is -3.17. The third-order valence-corrected chi connectivity index (χ3v) is 7.99. The number of hydrogen-bond donors (Lipinski definition) is 0. The van der Waals surface area contributed by atoms with Gasteiger partial charge in [0.05, 0.1) is 36.6 Å². The number of likely N-dealkylation sites (tertiary alicyclic amines) is 2. The van der Waals surface area contributed by atoms with E-state index in [4.69, 9.17) is 14.5 Å². The zero-order chi connectivity index (χ0) is 27.6. The number of carbonyl (C=O) groups excluding carboxylic acids is 1. The average molecular weight is 542 g/mol. The summed E-state index contributed by atoms with van der Waals surface area (Å²) in [7, 11) is 2.84. The normalized spacial score (nSPS) is 17.9. The van der Waals surface area contributed by atoms with E-state index in [1.807, 2.05) is 0 Å². The van der Waals surface area contributed by atoms with Crippen LogP contribution in [0.2, 0.25) is 0 Å². The number of benzene rings is 2. The van der Waals surface area contributed by atoms with Gasteiger partial charge in [0.2, 0.25) is 0 Å². The molecule has 2 fully saturated rings. The molecule has 0 N–H and O–H groups in total. The quantitative estimate of drug-likeness (QED) is 0.348. The first-order chi connectivity index (χ1) is 18.8. The number of rotatable bonds is 6. The lowest BCUT2D eigenvalue weighted by atomic mass is 9.94. The predicted octanol–water partition coefficient (Wildman–Crippen LogP) is 6.17. The van der Waals surface area contributed by atoms with Gasteiger partial charge in [-0.1, -0.05) is 18.6 Å². The van der Waals surface area contributed by atoms with Crippen molar-refractivity contribution in [2.75, 3.05) is 40.4 Å². The monoisotopic (exact) mass is 541 g/mol. The van der Waals surface area contributed by atoms with Crippen LogP contribution in [0.15, 0.2) is 42.5 Å². The van der Waals surface area contributed by atoms with Crippen LogP contribution in [0.25, 0.3) is 22.2 Å². The van der Waals surface area contributed by atoms with Gasteiger partial charge in [0.25, 0.3) is 0 Å². The van der Waals surface area contributed by atoms with Crippen LogP contribution in [0.5, 0.6) is 5.75 Å². The SMILES string of the molecule is COC(=O)c1c(CN2CCC(N3CCCCC3)CC2)c(-c2cccc(C(F)(F)F)c2)nc2cc(OC)ccc12. The molecule has 0 aliphatic carbocycles. The fourth-order valence-electron chi connectivity index (χ4n) is 5.93. The number of pyridine rings is 1. The minimum absolute atomic E-state index is 0.304. The Morgan fingerprint density at radius 2 is 1.74 bits per heavy atom. The summed E-state index contributed by atoms with van der Waals surface area (Å²) in [6.45, 7) is 4.36. The van der Waals surface area contributed by atoms with Gasteiger partial charge in [-0.05, 0) is 76.1 Å². The van der Waals surface area contributed by atoms with Crippen LogP contribution in [0.3, 0.4) is 0 Å². The van der Waals surface area contributed by atoms with Crippen molar-refractivity contribution in [2.24, 2.45) is 0 Å². The molecule has 2 aliphatic rings. The number of carbonyl (C=O) groups is 1. The van der Waals surface area contributed by atoms with Gasteiger partial charge < -0.3 is 14.4 Å². The van der Waals surface area contributed by atoms with Crippen LogP contribution in [0.1, 0.15) is 53.6 Å². The lowest BCUT2D eigenvalue weighted by molar-refractivity contribution is -0.137. The molecular formula is C30H34F3N3O3. The minimum atomic E-state index is -4.50. The van der Waals surface area contributed by atoms with Gasteiger partial charge in [0.1, 0.15) is 5.75 Å². The molecule has 0 bridgehead atoms. The smallest absolute Gasteiger partial charge is 0.416 e. The molecule has 2 saturated heterocycles. The molecule has 39 heavy (non-hydrogen) atoms. The van der Waals surface area contributed by atoms with Gasteiger partial charge in [-0.15, -0.1) is 0 Å². The molecule has 9 heteroatoms. The molecular weight excluding hydrogens is 507 g/mol. The first-order valence-electron chi connectivity index (χ1n) is 13.5. The average Bonchev–Trinajstić information content (AvgIpc) is 2.96. The van der Waals surface area contributed by atoms with Crippen molar-refractivity contribution in [2.45, 2.75) is 50.9 Å². The second-order valence-corrected chi connectivity index (χ2v) is 10.4. The molecule has 6 nitrogen and oxygen atoms in total. The van der Waals surface area contributed by atoms with Crippen LogP contribution in [-0.4, -0.2) is 67.2 Å². The summed E-state index contributed by atoms with van der Waals surface area (Å²) in [6, 6.07) is 10.9. The number of alkyl halides is 3. The van der Waals surface area contributed by atoms with E-state index < -0.39 is 17.7 Å². The summed E-state index contributed by atoms with van der Waals surface area (Å²) >= 11 is 0. The van der Waals surface area contributed by atoms with E-state index in [0.717, 1.165) is 51.2 Å². The lowest BCUT2D eigenvalue weighted by Gasteiger charge is -2.40. The van der Waals surface area contributed by atoms with Gasteiger partial charge in [-0.25, -0.2) is 9.78 Å². The third-order valence-electron chi connectivity index (χ3n) is 7.99. The van der Waals surface area contributed by atoms with E-state index in [1.54, 1.807) is 24.3 Å². The van der Waals surface area contributed by atoms with Crippen molar-refractivity contribution in [3.63, 3.8) is 0 Å². The number of halogens is 3. The van der Waals surface area contributed by atoms with Crippen molar-refractivity contribution in [1.29, 1.82) is 0 Å². The maximum absolute atomic E-state index is 13.6. The van der Waals surface area contributed by atoms with Crippen LogP contribution in [-0.2, 0) is 17.5 Å². The number of esters is 1. The van der Waals surface area contributed by atoms with Crippen molar-refractivity contribution in [3.05, 3.63) is 59.2 Å². The summed E-state index contributed by atoms with van der Waals surface area (Å²) in [5, 5.41) is 0.580. The Bertz CT molecular complexity index is 1330. The summed E-state index contributed by atoms with van der Waals surface area (Å²) in [5.74, 6) is -0.00709. The molecule has 0 radical (unpaired) electrons.